The number of fused-ring (bicyclic) bond motifs is 1. The number of carbonyl (C=O) groups excluding carboxylic acids is 1. The van der Waals surface area contributed by atoms with E-state index in [4.69, 9.17) is 4.42 Å². The molecule has 3 aromatic rings. The van der Waals surface area contributed by atoms with Gasteiger partial charge in [-0.15, -0.1) is 0 Å². The van der Waals surface area contributed by atoms with Gasteiger partial charge in [-0.1, -0.05) is 12.1 Å². The minimum Gasteiger partial charge on any atom is -0.545 e. The number of rotatable bonds is 2. The number of carbonyl (C=O) groups is 1. The molecule has 6 nitrogen and oxygen atoms in total. The molecule has 2 heterocycles. The second-order valence-electron chi connectivity index (χ2n) is 4.76. The number of carboxylic acid groups (broad SMARTS) is 1. The number of carboxylic acids is 1. The Balaban J connectivity index is 2.33. The van der Waals surface area contributed by atoms with Gasteiger partial charge in [-0.05, 0) is 37.1 Å². The summed E-state index contributed by atoms with van der Waals surface area (Å²) in [6.45, 7) is 3.60. The van der Waals surface area contributed by atoms with Crippen LogP contribution in [0.3, 0.4) is 0 Å². The van der Waals surface area contributed by atoms with E-state index in [2.05, 4.69) is 5.10 Å². The minimum atomic E-state index is -1.28. The summed E-state index contributed by atoms with van der Waals surface area (Å²) < 4.78 is 6.65. The van der Waals surface area contributed by atoms with Gasteiger partial charge in [0.2, 0.25) is 5.71 Å². The zero-order chi connectivity index (χ0) is 15.1. The summed E-state index contributed by atoms with van der Waals surface area (Å²) in [6, 6.07) is 7.51. The van der Waals surface area contributed by atoms with Gasteiger partial charge in [-0.3, -0.25) is 0 Å². The van der Waals surface area contributed by atoms with E-state index in [1.807, 2.05) is 0 Å². The second-order valence-corrected chi connectivity index (χ2v) is 4.76. The molecule has 0 spiro atoms. The van der Waals surface area contributed by atoms with Gasteiger partial charge in [-0.2, -0.15) is 9.78 Å². The smallest absolute Gasteiger partial charge is 0.337 e. The molecule has 0 radical (unpaired) electrons. The number of benzene rings is 1. The van der Waals surface area contributed by atoms with Crippen LogP contribution in [-0.4, -0.2) is 15.7 Å². The molecule has 0 aliphatic rings. The molecule has 0 unspecified atom stereocenters. The molecule has 0 aliphatic carbocycles. The predicted molar refractivity (Wildman–Crippen MR) is 73.4 cm³/mol. The van der Waals surface area contributed by atoms with Gasteiger partial charge >= 0.3 is 5.63 Å². The summed E-state index contributed by atoms with van der Waals surface area (Å²) in [5.74, 6) is -1.28. The van der Waals surface area contributed by atoms with Crippen molar-refractivity contribution in [3.8, 4) is 5.69 Å². The maximum atomic E-state index is 11.6. The molecule has 0 amide bonds. The zero-order valence-electron chi connectivity index (χ0n) is 11.4. The maximum absolute atomic E-state index is 11.6. The Labute approximate surface area is 119 Å². The van der Waals surface area contributed by atoms with E-state index in [1.54, 1.807) is 26.0 Å². The number of hydrogen-bond acceptors (Lipinski definition) is 5. The summed E-state index contributed by atoms with van der Waals surface area (Å²) in [4.78, 5) is 22.5. The maximum Gasteiger partial charge on any atom is 0.337 e. The van der Waals surface area contributed by atoms with Gasteiger partial charge in [0.05, 0.1) is 22.7 Å². The van der Waals surface area contributed by atoms with Crippen molar-refractivity contribution < 1.29 is 14.3 Å². The zero-order valence-corrected chi connectivity index (χ0v) is 11.4. The molecule has 106 valence electrons. The van der Waals surface area contributed by atoms with E-state index in [-0.39, 0.29) is 5.56 Å². The highest BCUT2D eigenvalue weighted by atomic mass is 16.4. The van der Waals surface area contributed by atoms with Crippen LogP contribution >= 0.6 is 0 Å². The molecule has 21 heavy (non-hydrogen) atoms. The fourth-order valence-corrected chi connectivity index (χ4v) is 2.37. The van der Waals surface area contributed by atoms with Crippen molar-refractivity contribution in [2.45, 2.75) is 13.8 Å². The average molecular weight is 283 g/mol. The Morgan fingerprint density at radius 3 is 2.76 bits per heavy atom. The Hall–Kier alpha value is -2.89. The third-order valence-electron chi connectivity index (χ3n) is 3.27. The number of aromatic carboxylic acids is 1. The molecule has 0 atom stereocenters. The summed E-state index contributed by atoms with van der Waals surface area (Å²) in [6.07, 6.45) is 0. The summed E-state index contributed by atoms with van der Waals surface area (Å²) in [5.41, 5.74) is 1.81. The highest BCUT2D eigenvalue weighted by molar-refractivity contribution is 5.87. The van der Waals surface area contributed by atoms with Crippen LogP contribution in [0.15, 0.2) is 39.5 Å². The Bertz CT molecular complexity index is 921. The van der Waals surface area contributed by atoms with Gasteiger partial charge in [0, 0.05) is 6.07 Å². The second kappa shape index (κ2) is 4.59. The lowest BCUT2D eigenvalue weighted by atomic mass is 10.2. The molecule has 0 saturated heterocycles. The van der Waals surface area contributed by atoms with Gasteiger partial charge in [0.25, 0.3) is 0 Å². The molecule has 6 heteroatoms. The van der Waals surface area contributed by atoms with Crippen molar-refractivity contribution in [1.29, 1.82) is 0 Å². The van der Waals surface area contributed by atoms with Gasteiger partial charge in [0.15, 0.2) is 0 Å². The molecular formula is C15H11N2O4-. The van der Waals surface area contributed by atoms with Crippen LogP contribution in [0.1, 0.15) is 21.6 Å². The quantitative estimate of drug-likeness (QED) is 0.699. The molecule has 3 rings (SSSR count). The molecule has 0 aliphatic heterocycles. The highest BCUT2D eigenvalue weighted by Gasteiger charge is 2.14. The van der Waals surface area contributed by atoms with Crippen LogP contribution in [0, 0.1) is 13.8 Å². The lowest BCUT2D eigenvalue weighted by Crippen LogP contribution is -2.22. The summed E-state index contributed by atoms with van der Waals surface area (Å²) in [7, 11) is 0. The van der Waals surface area contributed by atoms with Crippen LogP contribution < -0.4 is 10.7 Å². The fraction of sp³-hybridized carbons (Fsp3) is 0.133. The van der Waals surface area contributed by atoms with E-state index in [1.165, 1.54) is 22.9 Å². The van der Waals surface area contributed by atoms with Crippen molar-refractivity contribution >= 4 is 17.1 Å². The Kier molecular flexibility index (Phi) is 2.86. The van der Waals surface area contributed by atoms with Gasteiger partial charge in [-0.25, -0.2) is 4.79 Å². The third kappa shape index (κ3) is 2.10. The SMILES string of the molecule is Cc1cc(=O)oc2c1c(C)nn2-c1cccc(C(=O)[O-])c1. The first kappa shape index (κ1) is 13.1. The molecule has 1 aromatic carbocycles. The average Bonchev–Trinajstić information content (AvgIpc) is 2.76. The van der Waals surface area contributed by atoms with Crippen LogP contribution in [-0.2, 0) is 0 Å². The number of aromatic nitrogens is 2. The minimum absolute atomic E-state index is 0.0313. The van der Waals surface area contributed by atoms with Crippen molar-refractivity contribution in [1.82, 2.24) is 9.78 Å². The van der Waals surface area contributed by atoms with Crippen LogP contribution in [0.5, 0.6) is 0 Å². The van der Waals surface area contributed by atoms with Crippen molar-refractivity contribution in [3.63, 3.8) is 0 Å². The topological polar surface area (TPSA) is 88.2 Å². The molecule has 0 saturated carbocycles. The largest absolute Gasteiger partial charge is 0.545 e. The van der Waals surface area contributed by atoms with Crippen LogP contribution in [0.4, 0.5) is 0 Å². The van der Waals surface area contributed by atoms with E-state index in [0.717, 1.165) is 10.9 Å². The van der Waals surface area contributed by atoms with Crippen molar-refractivity contribution in [2.24, 2.45) is 0 Å². The van der Waals surface area contributed by atoms with E-state index in [9.17, 15) is 14.7 Å². The summed E-state index contributed by atoms with van der Waals surface area (Å²) >= 11 is 0. The lowest BCUT2D eigenvalue weighted by molar-refractivity contribution is -0.255. The fourth-order valence-electron chi connectivity index (χ4n) is 2.37. The molecule has 0 fully saturated rings. The normalized spacial score (nSPS) is 11.0. The third-order valence-corrected chi connectivity index (χ3v) is 3.27. The van der Waals surface area contributed by atoms with E-state index >= 15 is 0 Å². The molecular weight excluding hydrogens is 272 g/mol. The highest BCUT2D eigenvalue weighted by Crippen LogP contribution is 2.23. The monoisotopic (exact) mass is 283 g/mol. The first-order chi connectivity index (χ1) is 9.97. The number of nitrogens with zero attached hydrogens (tertiary/aromatic N) is 2. The number of aryl methyl sites for hydroxylation is 2. The molecule has 0 N–H and O–H groups in total. The molecule has 0 bridgehead atoms. The predicted octanol–water partition coefficient (Wildman–Crippen LogP) is 0.959. The summed E-state index contributed by atoms with van der Waals surface area (Å²) in [5, 5.41) is 16.0. The van der Waals surface area contributed by atoms with Crippen molar-refractivity contribution in [2.75, 3.05) is 0 Å². The van der Waals surface area contributed by atoms with Crippen LogP contribution in [0.25, 0.3) is 16.8 Å². The standard InChI is InChI=1S/C15H12N2O4/c1-8-6-12(18)21-14-13(8)9(2)16-17(14)11-5-3-4-10(7-11)15(19)20/h3-7H,1-2H3,(H,19,20)/p-1. The van der Waals surface area contributed by atoms with E-state index in [0.29, 0.717) is 17.1 Å². The number of hydrogen-bond donors (Lipinski definition) is 0. The van der Waals surface area contributed by atoms with Gasteiger partial charge < -0.3 is 14.3 Å². The lowest BCUT2D eigenvalue weighted by Gasteiger charge is -2.06. The first-order valence-corrected chi connectivity index (χ1v) is 6.29. The Morgan fingerprint density at radius 1 is 1.29 bits per heavy atom. The van der Waals surface area contributed by atoms with Crippen LogP contribution in [0.2, 0.25) is 0 Å². The first-order valence-electron chi connectivity index (χ1n) is 6.29. The molecule has 2 aromatic heterocycles. The Morgan fingerprint density at radius 2 is 2.05 bits per heavy atom. The van der Waals surface area contributed by atoms with E-state index < -0.39 is 11.6 Å². The van der Waals surface area contributed by atoms with Crippen molar-refractivity contribution in [3.05, 3.63) is 57.6 Å². The van der Waals surface area contributed by atoms with Gasteiger partial charge in [0.1, 0.15) is 0 Å².